The number of hydrogen-bond donors (Lipinski definition) is 14. The zero-order valence-electron chi connectivity index (χ0n) is 22.8. The first kappa shape index (κ1) is 40.2. The van der Waals surface area contributed by atoms with E-state index in [0.717, 1.165) is 0 Å². The van der Waals surface area contributed by atoms with Crippen LogP contribution in [0, 0.1) is 0 Å². The molecule has 0 bridgehead atoms. The smallest absolute Gasteiger partial charge is 0.391 e. The van der Waals surface area contributed by atoms with E-state index in [1.807, 2.05) is 0 Å². The Labute approximate surface area is 246 Å². The highest BCUT2D eigenvalue weighted by Gasteiger charge is 2.53. The van der Waals surface area contributed by atoms with Crippen LogP contribution in [0.25, 0.3) is 0 Å². The highest BCUT2D eigenvalue weighted by Crippen LogP contribution is 2.32. The molecule has 1 aliphatic carbocycles. The van der Waals surface area contributed by atoms with Crippen molar-refractivity contribution in [2.45, 2.75) is 118 Å². The molecule has 0 aromatic carbocycles. The second kappa shape index (κ2) is 16.1. The molecule has 2 aliphatic heterocycles. The van der Waals surface area contributed by atoms with Crippen molar-refractivity contribution in [3.05, 3.63) is 0 Å². The fraction of sp³-hybridized carbons (Fsp3) is 1.00. The zero-order valence-corrected chi connectivity index (χ0v) is 24.4. The fourth-order valence-electron chi connectivity index (χ4n) is 4.57. The summed E-state index contributed by atoms with van der Waals surface area (Å²) >= 11 is 0. The van der Waals surface area contributed by atoms with Crippen LogP contribution in [0.1, 0.15) is 20.3 Å². The molecule has 24 heteroatoms. The molecule has 0 unspecified atom stereocenters. The van der Waals surface area contributed by atoms with E-state index in [4.69, 9.17) is 76.9 Å². The van der Waals surface area contributed by atoms with Crippen LogP contribution in [0.3, 0.4) is 0 Å². The number of aliphatic hydroxyl groups is 6. The van der Waals surface area contributed by atoms with Gasteiger partial charge in [0.15, 0.2) is 12.6 Å². The number of nitrogens with two attached hydrogens (primary N) is 4. The molecule has 0 amide bonds. The van der Waals surface area contributed by atoms with Gasteiger partial charge in [-0.1, -0.05) is 0 Å². The Hall–Kier alpha value is -0.820. The van der Waals surface area contributed by atoms with Crippen molar-refractivity contribution in [2.24, 2.45) is 22.9 Å². The van der Waals surface area contributed by atoms with Crippen LogP contribution in [-0.2, 0) is 39.7 Å². The van der Waals surface area contributed by atoms with Crippen LogP contribution in [0.5, 0.6) is 0 Å². The molecule has 2 saturated heterocycles. The predicted octanol–water partition coefficient (Wildman–Crippen LogP) is -7.18. The van der Waals surface area contributed by atoms with Gasteiger partial charge in [-0.05, 0) is 20.3 Å². The summed E-state index contributed by atoms with van der Waals surface area (Å²) in [5, 5.41) is 61.6. The summed E-state index contributed by atoms with van der Waals surface area (Å²) in [7, 11) is -9.33. The minimum atomic E-state index is -4.67. The Morgan fingerprint density at radius 1 is 0.674 bits per heavy atom. The lowest BCUT2D eigenvalue weighted by molar-refractivity contribution is -0.315. The Morgan fingerprint density at radius 2 is 1.09 bits per heavy atom. The lowest BCUT2D eigenvalue weighted by Crippen LogP contribution is -2.68. The highest BCUT2D eigenvalue weighted by atomic mass is 32.3. The van der Waals surface area contributed by atoms with Gasteiger partial charge < -0.3 is 72.5 Å². The van der Waals surface area contributed by atoms with E-state index in [0.29, 0.717) is 0 Å². The SMILES string of the molecule is C[C@H](N)[C@H]1O[C@@H](O[C@@H]2[C@@H](O)[C@H](N)C[C@H](N)[C@H]2O[C@H]2O[C@H]([C@@H](C)O)[C@@H](O)[C@H](O)[C@H]2N)[C@H](O)[C@@H]1O.O=S(=O)(O)O.O=S(=O)(O)O. The Bertz CT molecular complexity index is 1020. The first-order chi connectivity index (χ1) is 19.3. The highest BCUT2D eigenvalue weighted by molar-refractivity contribution is 7.80. The molecule has 1 saturated carbocycles. The van der Waals surface area contributed by atoms with Gasteiger partial charge in [0.1, 0.15) is 48.8 Å². The van der Waals surface area contributed by atoms with Crippen LogP contribution in [0.2, 0.25) is 0 Å². The number of hydrogen-bond acceptors (Lipinski definition) is 18. The molecule has 3 fully saturated rings. The van der Waals surface area contributed by atoms with Gasteiger partial charge in [-0.25, -0.2) is 0 Å². The van der Waals surface area contributed by atoms with E-state index >= 15 is 0 Å². The summed E-state index contributed by atoms with van der Waals surface area (Å²) in [6.07, 6.45) is -15.2. The van der Waals surface area contributed by atoms with Crippen molar-refractivity contribution in [1.29, 1.82) is 0 Å². The van der Waals surface area contributed by atoms with Gasteiger partial charge in [-0.3, -0.25) is 18.2 Å². The normalized spacial score (nSPS) is 43.4. The van der Waals surface area contributed by atoms with Gasteiger partial charge in [0.25, 0.3) is 0 Å². The zero-order chi connectivity index (χ0) is 33.8. The van der Waals surface area contributed by atoms with Crippen molar-refractivity contribution in [3.63, 3.8) is 0 Å². The Kier molecular flexibility index (Phi) is 15.1. The number of ether oxygens (including phenoxy) is 4. The summed E-state index contributed by atoms with van der Waals surface area (Å²) in [6, 6.07) is -3.41. The molecule has 3 aliphatic rings. The molecular weight excluding hydrogens is 636 g/mol. The average molecular weight is 679 g/mol. The summed E-state index contributed by atoms with van der Waals surface area (Å²) in [6.45, 7) is 2.96. The third-order valence-electron chi connectivity index (χ3n) is 6.58. The summed E-state index contributed by atoms with van der Waals surface area (Å²) in [4.78, 5) is 0. The quantitative estimate of drug-likeness (QED) is 0.116. The molecule has 22 nitrogen and oxygen atoms in total. The van der Waals surface area contributed by atoms with Crippen molar-refractivity contribution >= 4 is 20.8 Å². The third-order valence-corrected chi connectivity index (χ3v) is 6.58. The van der Waals surface area contributed by atoms with E-state index in [2.05, 4.69) is 0 Å². The monoisotopic (exact) mass is 678 g/mol. The number of aliphatic hydroxyl groups excluding tert-OH is 6. The molecule has 0 spiro atoms. The molecule has 2 heterocycles. The molecule has 258 valence electrons. The molecule has 0 aromatic rings. The Balaban J connectivity index is 0.000000798. The van der Waals surface area contributed by atoms with Crippen molar-refractivity contribution in [1.82, 2.24) is 0 Å². The summed E-state index contributed by atoms with van der Waals surface area (Å²) in [5.41, 5.74) is 24.0. The maximum atomic E-state index is 10.7. The van der Waals surface area contributed by atoms with E-state index in [1.54, 1.807) is 6.92 Å². The van der Waals surface area contributed by atoms with E-state index in [-0.39, 0.29) is 6.42 Å². The maximum absolute atomic E-state index is 10.7. The second-order valence-electron chi connectivity index (χ2n) is 10.2. The van der Waals surface area contributed by atoms with Gasteiger partial charge in [0, 0.05) is 18.1 Å². The third kappa shape index (κ3) is 12.5. The second-order valence-corrected chi connectivity index (χ2v) is 12.0. The first-order valence-electron chi connectivity index (χ1n) is 12.5. The van der Waals surface area contributed by atoms with Crippen LogP contribution < -0.4 is 22.9 Å². The number of rotatable bonds is 6. The Morgan fingerprint density at radius 3 is 1.51 bits per heavy atom. The van der Waals surface area contributed by atoms with Crippen molar-refractivity contribution < 1.29 is 84.6 Å². The maximum Gasteiger partial charge on any atom is 0.394 e. The molecule has 16 atom stereocenters. The van der Waals surface area contributed by atoms with Gasteiger partial charge in [-0.15, -0.1) is 0 Å². The predicted molar refractivity (Wildman–Crippen MR) is 139 cm³/mol. The minimum absolute atomic E-state index is 0.137. The van der Waals surface area contributed by atoms with E-state index < -0.39 is 119 Å². The largest absolute Gasteiger partial charge is 0.394 e. The van der Waals surface area contributed by atoms with E-state index in [1.165, 1.54) is 6.92 Å². The lowest BCUT2D eigenvalue weighted by Gasteiger charge is -2.47. The van der Waals surface area contributed by atoms with Gasteiger partial charge in [0.05, 0.1) is 18.2 Å². The van der Waals surface area contributed by atoms with Crippen LogP contribution in [-0.4, -0.2) is 163 Å². The minimum Gasteiger partial charge on any atom is -0.391 e. The first-order valence-corrected chi connectivity index (χ1v) is 15.3. The van der Waals surface area contributed by atoms with Gasteiger partial charge >= 0.3 is 20.8 Å². The average Bonchev–Trinajstić information content (AvgIpc) is 3.11. The molecule has 3 rings (SSSR count). The van der Waals surface area contributed by atoms with Crippen molar-refractivity contribution in [3.8, 4) is 0 Å². The van der Waals surface area contributed by atoms with E-state index in [9.17, 15) is 30.6 Å². The fourth-order valence-corrected chi connectivity index (χ4v) is 4.57. The summed E-state index contributed by atoms with van der Waals surface area (Å²) in [5.74, 6) is 0. The van der Waals surface area contributed by atoms with Gasteiger partial charge in [-0.2, -0.15) is 16.8 Å². The molecule has 0 aromatic heterocycles. The standard InChI is InChI=1S/C19H38N4O10.2H2O4S/c1-4(20)14-12(28)13(29)19(30-14)33-17-9(25)6(21)3-7(22)16(17)32-18-8(23)10(26)11(27)15(31-18)5(2)24;2*1-5(2,3)4/h4-19,24-29H,3,20-23H2,1-2H3;2*(H2,1,2,3,4)/t4-,5+,6+,7-,8+,9-,10+,11-,12-,13+,14+,15+,16+,17+,18+,19-;;/m0../s1. The van der Waals surface area contributed by atoms with Crippen LogP contribution >= 0.6 is 0 Å². The van der Waals surface area contributed by atoms with Crippen molar-refractivity contribution in [2.75, 3.05) is 0 Å². The molecule has 43 heavy (non-hydrogen) atoms. The lowest BCUT2D eigenvalue weighted by atomic mass is 9.84. The topological polar surface area (TPSA) is 412 Å². The van der Waals surface area contributed by atoms with Crippen LogP contribution in [0.15, 0.2) is 0 Å². The summed E-state index contributed by atoms with van der Waals surface area (Å²) < 4.78 is 86.0. The van der Waals surface area contributed by atoms with Crippen LogP contribution in [0.4, 0.5) is 0 Å². The molecule has 0 radical (unpaired) electrons. The molecule has 18 N–H and O–H groups in total. The van der Waals surface area contributed by atoms with Gasteiger partial charge in [0.2, 0.25) is 0 Å². The molecular formula is C19H42N4O18S2.